The van der Waals surface area contributed by atoms with Crippen molar-refractivity contribution < 1.29 is 9.21 Å². The van der Waals surface area contributed by atoms with Crippen molar-refractivity contribution in [2.75, 3.05) is 18.4 Å². The molecule has 128 valence electrons. The van der Waals surface area contributed by atoms with Crippen LogP contribution in [0.15, 0.2) is 52.9 Å². The van der Waals surface area contributed by atoms with Gasteiger partial charge in [0.15, 0.2) is 11.5 Å². The Balaban J connectivity index is 1.37. The maximum absolute atomic E-state index is 12.4. The lowest BCUT2D eigenvalue weighted by atomic mass is 9.97. The van der Waals surface area contributed by atoms with Gasteiger partial charge in [0.2, 0.25) is 0 Å². The Hall–Kier alpha value is -2.82. The van der Waals surface area contributed by atoms with Crippen LogP contribution in [-0.4, -0.2) is 29.0 Å². The van der Waals surface area contributed by atoms with E-state index in [0.717, 1.165) is 35.5 Å². The van der Waals surface area contributed by atoms with E-state index >= 15 is 0 Å². The summed E-state index contributed by atoms with van der Waals surface area (Å²) in [4.78, 5) is 18.9. The molecule has 0 bridgehead atoms. The Bertz CT molecular complexity index is 844. The minimum atomic E-state index is -0.0418. The number of hydrogen-bond acceptors (Lipinski definition) is 3. The van der Waals surface area contributed by atoms with Crippen LogP contribution in [0.5, 0.6) is 0 Å². The zero-order valence-electron chi connectivity index (χ0n) is 14.2. The number of hydrogen-bond donors (Lipinski definition) is 1. The number of rotatable bonds is 2. The second kappa shape index (κ2) is 6.59. The SMILES string of the molecule is Cc1ccc(NC(=O)N2CCC(c3nc4ccccc4o3)CC2)cc1. The number of carbonyl (C=O) groups is 1. The minimum absolute atomic E-state index is 0.0418. The monoisotopic (exact) mass is 335 g/mol. The number of fused-ring (bicyclic) bond motifs is 1. The van der Waals surface area contributed by atoms with Crippen molar-refractivity contribution in [3.05, 3.63) is 60.0 Å². The standard InChI is InChI=1S/C20H21N3O2/c1-14-6-8-16(9-7-14)21-20(24)23-12-10-15(11-13-23)19-22-17-4-2-3-5-18(17)25-19/h2-9,15H,10-13H2,1H3,(H,21,24). The normalized spacial score (nSPS) is 15.5. The molecule has 0 radical (unpaired) electrons. The Morgan fingerprint density at radius 2 is 1.84 bits per heavy atom. The van der Waals surface area contributed by atoms with Crippen LogP contribution in [0.2, 0.25) is 0 Å². The summed E-state index contributed by atoms with van der Waals surface area (Å²) in [6.45, 7) is 3.45. The first kappa shape index (κ1) is 15.7. The number of nitrogens with one attached hydrogen (secondary N) is 1. The zero-order chi connectivity index (χ0) is 17.2. The highest BCUT2D eigenvalue weighted by molar-refractivity contribution is 5.89. The number of piperidine rings is 1. The molecule has 1 saturated heterocycles. The fraction of sp³-hybridized carbons (Fsp3) is 0.300. The maximum atomic E-state index is 12.4. The summed E-state index contributed by atoms with van der Waals surface area (Å²) in [5.74, 6) is 1.07. The van der Waals surface area contributed by atoms with Crippen LogP contribution >= 0.6 is 0 Å². The maximum Gasteiger partial charge on any atom is 0.321 e. The minimum Gasteiger partial charge on any atom is -0.440 e. The molecule has 0 saturated carbocycles. The molecule has 1 aliphatic rings. The molecule has 0 spiro atoms. The number of nitrogens with zero attached hydrogens (tertiary/aromatic N) is 2. The Kier molecular flexibility index (Phi) is 4.14. The quantitative estimate of drug-likeness (QED) is 0.747. The van der Waals surface area contributed by atoms with Gasteiger partial charge in [-0.2, -0.15) is 0 Å². The Morgan fingerprint density at radius 3 is 2.56 bits per heavy atom. The third kappa shape index (κ3) is 3.36. The molecule has 1 aromatic heterocycles. The van der Waals surface area contributed by atoms with E-state index in [1.54, 1.807) is 0 Å². The first-order valence-electron chi connectivity index (χ1n) is 8.67. The van der Waals surface area contributed by atoms with Crippen LogP contribution < -0.4 is 5.32 Å². The second-order valence-corrected chi connectivity index (χ2v) is 6.58. The third-order valence-electron chi connectivity index (χ3n) is 4.74. The van der Waals surface area contributed by atoms with Crippen LogP contribution in [0.4, 0.5) is 10.5 Å². The van der Waals surface area contributed by atoms with Crippen LogP contribution in [-0.2, 0) is 0 Å². The van der Waals surface area contributed by atoms with E-state index in [1.165, 1.54) is 5.56 Å². The van der Waals surface area contributed by atoms with Crippen molar-refractivity contribution in [3.63, 3.8) is 0 Å². The van der Waals surface area contributed by atoms with E-state index in [4.69, 9.17) is 4.42 Å². The van der Waals surface area contributed by atoms with Gasteiger partial charge in [0.05, 0.1) is 0 Å². The predicted molar refractivity (Wildman–Crippen MR) is 97.8 cm³/mol. The summed E-state index contributed by atoms with van der Waals surface area (Å²) < 4.78 is 5.88. The number of aromatic nitrogens is 1. The van der Waals surface area contributed by atoms with Crippen molar-refractivity contribution in [3.8, 4) is 0 Å². The molecular weight excluding hydrogens is 314 g/mol. The molecule has 25 heavy (non-hydrogen) atoms. The molecule has 1 fully saturated rings. The fourth-order valence-electron chi connectivity index (χ4n) is 3.23. The number of benzene rings is 2. The van der Waals surface area contributed by atoms with Crippen LogP contribution in [0.3, 0.4) is 0 Å². The first-order valence-corrected chi connectivity index (χ1v) is 8.67. The molecule has 0 atom stereocenters. The summed E-state index contributed by atoms with van der Waals surface area (Å²) in [5.41, 5.74) is 3.74. The first-order chi connectivity index (χ1) is 12.2. The van der Waals surface area contributed by atoms with Crippen molar-refractivity contribution in [1.82, 2.24) is 9.88 Å². The van der Waals surface area contributed by atoms with Crippen molar-refractivity contribution >= 4 is 22.8 Å². The molecule has 0 aliphatic carbocycles. The van der Waals surface area contributed by atoms with Crippen molar-refractivity contribution in [2.24, 2.45) is 0 Å². The number of carbonyl (C=O) groups excluding carboxylic acids is 1. The molecule has 2 amide bonds. The van der Waals surface area contributed by atoms with E-state index in [2.05, 4.69) is 10.3 Å². The summed E-state index contributed by atoms with van der Waals surface area (Å²) in [6.07, 6.45) is 1.74. The smallest absolute Gasteiger partial charge is 0.321 e. The van der Waals surface area contributed by atoms with Gasteiger partial charge in [0.25, 0.3) is 0 Å². The molecule has 3 aromatic rings. The van der Waals surface area contributed by atoms with E-state index in [9.17, 15) is 4.79 Å². The summed E-state index contributed by atoms with van der Waals surface area (Å²) in [6, 6.07) is 15.6. The highest BCUT2D eigenvalue weighted by Gasteiger charge is 2.27. The van der Waals surface area contributed by atoms with Crippen LogP contribution in [0.25, 0.3) is 11.1 Å². The van der Waals surface area contributed by atoms with E-state index in [1.807, 2.05) is 60.4 Å². The molecule has 0 unspecified atom stereocenters. The summed E-state index contributed by atoms with van der Waals surface area (Å²) in [5, 5.41) is 2.96. The van der Waals surface area contributed by atoms with Gasteiger partial charge in [-0.15, -0.1) is 0 Å². The molecule has 1 aliphatic heterocycles. The predicted octanol–water partition coefficient (Wildman–Crippen LogP) is 4.55. The number of amides is 2. The van der Waals surface area contributed by atoms with Gasteiger partial charge in [-0.25, -0.2) is 9.78 Å². The van der Waals surface area contributed by atoms with Gasteiger partial charge in [-0.3, -0.25) is 0 Å². The lowest BCUT2D eigenvalue weighted by Crippen LogP contribution is -2.40. The van der Waals surface area contributed by atoms with Gasteiger partial charge < -0.3 is 14.6 Å². The van der Waals surface area contributed by atoms with Gasteiger partial charge in [-0.1, -0.05) is 29.8 Å². The van der Waals surface area contributed by atoms with Gasteiger partial charge in [0, 0.05) is 24.7 Å². The average Bonchev–Trinajstić information content (AvgIpc) is 3.08. The summed E-state index contributed by atoms with van der Waals surface area (Å²) in [7, 11) is 0. The average molecular weight is 335 g/mol. The van der Waals surface area contributed by atoms with Gasteiger partial charge >= 0.3 is 6.03 Å². The lowest BCUT2D eigenvalue weighted by Gasteiger charge is -2.30. The van der Waals surface area contributed by atoms with Gasteiger partial charge in [0.1, 0.15) is 5.52 Å². The Morgan fingerprint density at radius 1 is 1.12 bits per heavy atom. The lowest BCUT2D eigenvalue weighted by molar-refractivity contribution is 0.190. The van der Waals surface area contributed by atoms with Crippen LogP contribution in [0, 0.1) is 6.92 Å². The van der Waals surface area contributed by atoms with Gasteiger partial charge in [-0.05, 0) is 44.0 Å². The molecular formula is C20H21N3O2. The summed E-state index contributed by atoms with van der Waals surface area (Å²) >= 11 is 0. The number of para-hydroxylation sites is 2. The molecule has 2 heterocycles. The fourth-order valence-corrected chi connectivity index (χ4v) is 3.23. The van der Waals surface area contributed by atoms with Crippen molar-refractivity contribution in [2.45, 2.75) is 25.7 Å². The van der Waals surface area contributed by atoms with Crippen molar-refractivity contribution in [1.29, 1.82) is 0 Å². The number of anilines is 1. The third-order valence-corrected chi connectivity index (χ3v) is 4.74. The number of urea groups is 1. The van der Waals surface area contributed by atoms with E-state index < -0.39 is 0 Å². The van der Waals surface area contributed by atoms with Crippen LogP contribution in [0.1, 0.15) is 30.2 Å². The molecule has 1 N–H and O–H groups in total. The zero-order valence-corrected chi connectivity index (χ0v) is 14.2. The largest absolute Gasteiger partial charge is 0.440 e. The number of aryl methyl sites for hydroxylation is 1. The Labute approximate surface area is 146 Å². The number of likely N-dealkylation sites (tertiary alicyclic amines) is 1. The molecule has 5 nitrogen and oxygen atoms in total. The molecule has 4 rings (SSSR count). The molecule has 5 heteroatoms. The highest BCUT2D eigenvalue weighted by atomic mass is 16.3. The topological polar surface area (TPSA) is 58.4 Å². The second-order valence-electron chi connectivity index (χ2n) is 6.58. The molecule has 2 aromatic carbocycles. The van der Waals surface area contributed by atoms with E-state index in [0.29, 0.717) is 13.1 Å². The number of oxazole rings is 1. The highest BCUT2D eigenvalue weighted by Crippen LogP contribution is 2.30. The van der Waals surface area contributed by atoms with E-state index in [-0.39, 0.29) is 11.9 Å².